The Morgan fingerprint density at radius 2 is 2.00 bits per heavy atom. The Balaban J connectivity index is 1.70. The molecule has 0 saturated heterocycles. The number of fused-ring (bicyclic) bond motifs is 1. The highest BCUT2D eigenvalue weighted by atomic mass is 35.5. The molecule has 0 aliphatic rings. The van der Waals surface area contributed by atoms with Crippen LogP contribution in [0.4, 0.5) is 0 Å². The third-order valence-electron chi connectivity index (χ3n) is 4.56. The van der Waals surface area contributed by atoms with Crippen molar-refractivity contribution in [3.63, 3.8) is 0 Å². The molecule has 0 bridgehead atoms. The maximum absolute atomic E-state index is 6.44. The molecular weight excluding hydrogens is 374 g/mol. The van der Waals surface area contributed by atoms with Gasteiger partial charge in [-0.25, -0.2) is 0 Å². The highest BCUT2D eigenvalue weighted by Gasteiger charge is 2.14. The minimum atomic E-state index is 0.329. The van der Waals surface area contributed by atoms with Gasteiger partial charge in [0.25, 0.3) is 5.89 Å². The summed E-state index contributed by atoms with van der Waals surface area (Å²) in [4.78, 5) is 4.57. The molecule has 4 aromatic rings. The molecule has 6 heteroatoms. The minimum absolute atomic E-state index is 0.329. The Morgan fingerprint density at radius 3 is 2.79 bits per heavy atom. The van der Waals surface area contributed by atoms with E-state index in [1.165, 1.54) is 0 Å². The lowest BCUT2D eigenvalue weighted by atomic mass is 10.1. The van der Waals surface area contributed by atoms with Crippen LogP contribution in [0.25, 0.3) is 39.8 Å². The van der Waals surface area contributed by atoms with Crippen LogP contribution in [0.15, 0.2) is 59.4 Å². The lowest BCUT2D eigenvalue weighted by Crippen LogP contribution is -1.97. The van der Waals surface area contributed by atoms with Gasteiger partial charge in [-0.1, -0.05) is 35.0 Å². The highest BCUT2D eigenvalue weighted by Crippen LogP contribution is 2.32. The zero-order valence-electron chi connectivity index (χ0n) is 15.9. The smallest absolute Gasteiger partial charge is 0.258 e. The normalized spacial score (nSPS) is 11.8. The molecular formula is C22H20ClN3O2. The van der Waals surface area contributed by atoms with Crippen molar-refractivity contribution in [2.75, 3.05) is 7.11 Å². The SMILES string of the molecule is COC=Cc1cccc(-c2noc(-c3ccc4c(c3)c(Cl)cn4C(C)C)n2)c1. The third kappa shape index (κ3) is 3.41. The number of methoxy groups -OCH3 is 1. The van der Waals surface area contributed by atoms with Crippen molar-refractivity contribution >= 4 is 28.6 Å². The van der Waals surface area contributed by atoms with Crippen LogP contribution in [-0.2, 0) is 4.74 Å². The van der Waals surface area contributed by atoms with Crippen LogP contribution < -0.4 is 0 Å². The molecule has 0 aliphatic carbocycles. The molecule has 0 saturated carbocycles. The van der Waals surface area contributed by atoms with Gasteiger partial charge in [-0.2, -0.15) is 4.98 Å². The zero-order valence-corrected chi connectivity index (χ0v) is 16.6. The van der Waals surface area contributed by atoms with E-state index in [-0.39, 0.29) is 0 Å². The van der Waals surface area contributed by atoms with Crippen molar-refractivity contribution in [1.82, 2.24) is 14.7 Å². The second-order valence-electron chi connectivity index (χ2n) is 6.80. The molecule has 142 valence electrons. The van der Waals surface area contributed by atoms with E-state index in [1.54, 1.807) is 13.4 Å². The Kier molecular flexibility index (Phi) is 4.92. The van der Waals surface area contributed by atoms with Crippen LogP contribution in [0.3, 0.4) is 0 Å². The van der Waals surface area contributed by atoms with Crippen LogP contribution in [0.2, 0.25) is 5.02 Å². The highest BCUT2D eigenvalue weighted by molar-refractivity contribution is 6.35. The van der Waals surface area contributed by atoms with Crippen molar-refractivity contribution in [2.24, 2.45) is 0 Å². The molecule has 0 amide bonds. The van der Waals surface area contributed by atoms with Gasteiger partial charge in [0, 0.05) is 34.3 Å². The van der Waals surface area contributed by atoms with E-state index in [4.69, 9.17) is 20.9 Å². The largest absolute Gasteiger partial charge is 0.504 e. The molecule has 2 aromatic carbocycles. The maximum Gasteiger partial charge on any atom is 0.258 e. The van der Waals surface area contributed by atoms with Crippen molar-refractivity contribution in [3.05, 3.63) is 65.5 Å². The van der Waals surface area contributed by atoms with E-state index >= 15 is 0 Å². The van der Waals surface area contributed by atoms with Gasteiger partial charge < -0.3 is 13.8 Å². The Hall–Kier alpha value is -3.05. The summed E-state index contributed by atoms with van der Waals surface area (Å²) in [6, 6.07) is 14.2. The first-order chi connectivity index (χ1) is 13.6. The molecule has 0 N–H and O–H groups in total. The number of ether oxygens (including phenoxy) is 1. The fourth-order valence-corrected chi connectivity index (χ4v) is 3.42. The molecule has 2 heterocycles. The Bertz CT molecular complexity index is 1160. The summed E-state index contributed by atoms with van der Waals surface area (Å²) < 4.78 is 12.6. The molecule has 0 radical (unpaired) electrons. The van der Waals surface area contributed by atoms with Gasteiger partial charge in [0.2, 0.25) is 5.82 Å². The average molecular weight is 394 g/mol. The number of halogens is 1. The van der Waals surface area contributed by atoms with Gasteiger partial charge in [0.05, 0.1) is 18.4 Å². The summed E-state index contributed by atoms with van der Waals surface area (Å²) in [5.74, 6) is 0.997. The Morgan fingerprint density at radius 1 is 1.14 bits per heavy atom. The zero-order chi connectivity index (χ0) is 19.7. The maximum atomic E-state index is 6.44. The van der Waals surface area contributed by atoms with E-state index in [0.29, 0.717) is 22.8 Å². The topological polar surface area (TPSA) is 53.1 Å². The third-order valence-corrected chi connectivity index (χ3v) is 4.86. The summed E-state index contributed by atoms with van der Waals surface area (Å²) in [7, 11) is 1.62. The molecule has 0 spiro atoms. The predicted molar refractivity (Wildman–Crippen MR) is 112 cm³/mol. The van der Waals surface area contributed by atoms with Gasteiger partial charge in [0.15, 0.2) is 0 Å². The van der Waals surface area contributed by atoms with E-state index in [1.807, 2.05) is 54.7 Å². The molecule has 28 heavy (non-hydrogen) atoms. The summed E-state index contributed by atoms with van der Waals surface area (Å²) >= 11 is 6.44. The van der Waals surface area contributed by atoms with Gasteiger partial charge >= 0.3 is 0 Å². The second-order valence-corrected chi connectivity index (χ2v) is 7.20. The van der Waals surface area contributed by atoms with Gasteiger partial charge in [0.1, 0.15) is 0 Å². The monoisotopic (exact) mass is 393 g/mol. The van der Waals surface area contributed by atoms with Crippen LogP contribution in [0, 0.1) is 0 Å². The number of benzene rings is 2. The Labute approximate surface area is 168 Å². The van der Waals surface area contributed by atoms with Gasteiger partial charge in [-0.05, 0) is 49.8 Å². The minimum Gasteiger partial charge on any atom is -0.504 e. The summed E-state index contributed by atoms with van der Waals surface area (Å²) in [5.41, 5.74) is 3.79. The number of aromatic nitrogens is 3. The molecule has 0 aliphatic heterocycles. The van der Waals surface area contributed by atoms with Crippen molar-refractivity contribution in [1.29, 1.82) is 0 Å². The molecule has 0 unspecified atom stereocenters. The van der Waals surface area contributed by atoms with Crippen molar-refractivity contribution in [2.45, 2.75) is 19.9 Å². The predicted octanol–water partition coefficient (Wildman–Crippen LogP) is 6.21. The fraction of sp³-hybridized carbons (Fsp3) is 0.182. The standard InChI is InChI=1S/C22H20ClN3O2/c1-14(2)26-13-19(23)18-12-17(7-8-20(18)26)22-24-21(25-28-22)16-6-4-5-15(11-16)9-10-27-3/h4-14H,1-3H3. The average Bonchev–Trinajstić information content (AvgIpc) is 3.32. The summed E-state index contributed by atoms with van der Waals surface area (Å²) in [5, 5.41) is 5.82. The first-order valence-electron chi connectivity index (χ1n) is 9.01. The van der Waals surface area contributed by atoms with Gasteiger partial charge in [-0.15, -0.1) is 0 Å². The molecule has 0 fully saturated rings. The lowest BCUT2D eigenvalue weighted by molar-refractivity contribution is 0.341. The fourth-order valence-electron chi connectivity index (χ4n) is 3.16. The molecule has 0 atom stereocenters. The number of hydrogen-bond donors (Lipinski definition) is 0. The van der Waals surface area contributed by atoms with E-state index < -0.39 is 0 Å². The first kappa shape index (κ1) is 18.3. The number of hydrogen-bond acceptors (Lipinski definition) is 4. The van der Waals surface area contributed by atoms with E-state index in [9.17, 15) is 0 Å². The van der Waals surface area contributed by atoms with Crippen LogP contribution >= 0.6 is 11.6 Å². The van der Waals surface area contributed by atoms with Crippen LogP contribution in [0.1, 0.15) is 25.5 Å². The molecule has 4 rings (SSSR count). The van der Waals surface area contributed by atoms with E-state index in [0.717, 1.165) is 27.6 Å². The summed E-state index contributed by atoms with van der Waals surface area (Å²) in [6.07, 6.45) is 5.46. The number of nitrogens with zero attached hydrogens (tertiary/aromatic N) is 3. The quantitative estimate of drug-likeness (QED) is 0.378. The summed E-state index contributed by atoms with van der Waals surface area (Å²) in [6.45, 7) is 4.26. The second kappa shape index (κ2) is 7.52. The van der Waals surface area contributed by atoms with Crippen LogP contribution in [0.5, 0.6) is 0 Å². The lowest BCUT2D eigenvalue weighted by Gasteiger charge is -2.08. The molecule has 2 aromatic heterocycles. The van der Waals surface area contributed by atoms with Crippen LogP contribution in [-0.4, -0.2) is 21.8 Å². The van der Waals surface area contributed by atoms with E-state index in [2.05, 4.69) is 28.6 Å². The van der Waals surface area contributed by atoms with Crippen molar-refractivity contribution < 1.29 is 9.26 Å². The first-order valence-corrected chi connectivity index (χ1v) is 9.38. The molecule has 5 nitrogen and oxygen atoms in total. The van der Waals surface area contributed by atoms with Crippen molar-refractivity contribution in [3.8, 4) is 22.8 Å². The number of rotatable bonds is 5. The van der Waals surface area contributed by atoms with Gasteiger partial charge in [-0.3, -0.25) is 0 Å².